The van der Waals surface area contributed by atoms with Gasteiger partial charge in [-0.15, -0.1) is 11.8 Å². The van der Waals surface area contributed by atoms with E-state index in [9.17, 15) is 9.59 Å². The van der Waals surface area contributed by atoms with Crippen LogP contribution in [0.3, 0.4) is 0 Å². The van der Waals surface area contributed by atoms with Crippen molar-refractivity contribution in [3.63, 3.8) is 0 Å². The van der Waals surface area contributed by atoms with Crippen molar-refractivity contribution in [2.45, 2.75) is 37.8 Å². The molecule has 0 spiro atoms. The standard InChI is InChI=1S/C28H30BrClN2O2S/c1-20(2)17-31-28(34)26(16-21-7-4-3-5-8-21)32(18-22-9-6-10-23(29)15-22)27(33)19-35-25-13-11-24(30)12-14-25/h3-15,20,26H,16-19H2,1-2H3,(H,31,34). The molecule has 1 atom stereocenters. The first-order chi connectivity index (χ1) is 16.8. The summed E-state index contributed by atoms with van der Waals surface area (Å²) in [5.74, 6) is 0.303. The van der Waals surface area contributed by atoms with E-state index >= 15 is 0 Å². The summed E-state index contributed by atoms with van der Waals surface area (Å²) in [4.78, 5) is 29.7. The lowest BCUT2D eigenvalue weighted by atomic mass is 10.0. The summed E-state index contributed by atoms with van der Waals surface area (Å²) in [7, 11) is 0. The molecule has 0 fully saturated rings. The molecule has 4 nitrogen and oxygen atoms in total. The maximum absolute atomic E-state index is 13.6. The summed E-state index contributed by atoms with van der Waals surface area (Å²) in [5, 5.41) is 3.71. The summed E-state index contributed by atoms with van der Waals surface area (Å²) < 4.78 is 0.932. The predicted molar refractivity (Wildman–Crippen MR) is 149 cm³/mol. The Kier molecular flexibility index (Phi) is 10.7. The van der Waals surface area contributed by atoms with Gasteiger partial charge in [0.15, 0.2) is 0 Å². The van der Waals surface area contributed by atoms with Crippen LogP contribution in [0.4, 0.5) is 0 Å². The van der Waals surface area contributed by atoms with E-state index in [-0.39, 0.29) is 17.6 Å². The number of carbonyl (C=O) groups is 2. The van der Waals surface area contributed by atoms with Gasteiger partial charge in [0.2, 0.25) is 11.8 Å². The number of benzene rings is 3. The number of halogens is 2. The Bertz CT molecular complexity index is 1110. The molecule has 2 amide bonds. The van der Waals surface area contributed by atoms with Gasteiger partial charge in [0.25, 0.3) is 0 Å². The molecule has 0 aliphatic rings. The topological polar surface area (TPSA) is 49.4 Å². The van der Waals surface area contributed by atoms with Crippen molar-refractivity contribution in [3.8, 4) is 0 Å². The Morgan fingerprint density at radius 1 is 0.971 bits per heavy atom. The number of carbonyl (C=O) groups excluding carboxylic acids is 2. The van der Waals surface area contributed by atoms with Crippen LogP contribution in [0.5, 0.6) is 0 Å². The third kappa shape index (κ3) is 9.02. The number of rotatable bonds is 11. The second kappa shape index (κ2) is 13.7. The number of hydrogen-bond acceptors (Lipinski definition) is 3. The van der Waals surface area contributed by atoms with E-state index < -0.39 is 6.04 Å². The van der Waals surface area contributed by atoms with Crippen LogP contribution in [0, 0.1) is 5.92 Å². The monoisotopic (exact) mass is 572 g/mol. The Hall–Kier alpha value is -2.28. The molecule has 3 rings (SSSR count). The van der Waals surface area contributed by atoms with E-state index in [0.717, 1.165) is 20.5 Å². The van der Waals surface area contributed by atoms with Gasteiger partial charge in [-0.1, -0.05) is 83.8 Å². The van der Waals surface area contributed by atoms with E-state index in [0.29, 0.717) is 30.5 Å². The lowest BCUT2D eigenvalue weighted by molar-refractivity contribution is -0.139. The molecule has 0 aliphatic heterocycles. The highest BCUT2D eigenvalue weighted by Gasteiger charge is 2.30. The lowest BCUT2D eigenvalue weighted by Gasteiger charge is -2.32. The van der Waals surface area contributed by atoms with Crippen LogP contribution in [-0.4, -0.2) is 35.1 Å². The van der Waals surface area contributed by atoms with Crippen molar-refractivity contribution in [2.24, 2.45) is 5.92 Å². The van der Waals surface area contributed by atoms with Gasteiger partial charge in [0, 0.05) is 33.9 Å². The van der Waals surface area contributed by atoms with E-state index in [4.69, 9.17) is 11.6 Å². The molecule has 184 valence electrons. The zero-order chi connectivity index (χ0) is 25.2. The number of nitrogens with one attached hydrogen (secondary N) is 1. The van der Waals surface area contributed by atoms with Crippen molar-refractivity contribution in [1.29, 1.82) is 0 Å². The first-order valence-corrected chi connectivity index (χ1v) is 13.7. The number of thioether (sulfide) groups is 1. The van der Waals surface area contributed by atoms with Gasteiger partial charge in [-0.3, -0.25) is 9.59 Å². The van der Waals surface area contributed by atoms with Gasteiger partial charge in [-0.2, -0.15) is 0 Å². The van der Waals surface area contributed by atoms with Gasteiger partial charge in [-0.05, 0) is 53.4 Å². The summed E-state index contributed by atoms with van der Waals surface area (Å²) in [6.45, 7) is 5.01. The molecule has 0 aromatic heterocycles. The molecule has 0 saturated carbocycles. The van der Waals surface area contributed by atoms with Gasteiger partial charge < -0.3 is 10.2 Å². The molecule has 1 N–H and O–H groups in total. The third-order valence-corrected chi connectivity index (χ3v) is 7.12. The molecule has 35 heavy (non-hydrogen) atoms. The second-order valence-corrected chi connectivity index (χ2v) is 11.1. The first-order valence-electron chi connectivity index (χ1n) is 11.6. The molecule has 3 aromatic rings. The molecular weight excluding hydrogens is 544 g/mol. The Balaban J connectivity index is 1.89. The van der Waals surface area contributed by atoms with Crippen molar-refractivity contribution in [1.82, 2.24) is 10.2 Å². The van der Waals surface area contributed by atoms with Gasteiger partial charge in [0.05, 0.1) is 5.75 Å². The highest BCUT2D eigenvalue weighted by Crippen LogP contribution is 2.23. The first kappa shape index (κ1) is 27.3. The van der Waals surface area contributed by atoms with Crippen LogP contribution in [0.15, 0.2) is 88.2 Å². The number of hydrogen-bond donors (Lipinski definition) is 1. The average Bonchev–Trinajstić information content (AvgIpc) is 2.85. The summed E-state index contributed by atoms with van der Waals surface area (Å²) in [5.41, 5.74) is 1.97. The summed E-state index contributed by atoms with van der Waals surface area (Å²) >= 11 is 11.0. The minimum atomic E-state index is -0.631. The van der Waals surface area contributed by atoms with Crippen molar-refractivity contribution in [3.05, 3.63) is 99.5 Å². The fraction of sp³-hybridized carbons (Fsp3) is 0.286. The van der Waals surface area contributed by atoms with Gasteiger partial charge in [-0.25, -0.2) is 0 Å². The third-order valence-electron chi connectivity index (χ3n) is 5.37. The van der Waals surface area contributed by atoms with E-state index in [1.165, 1.54) is 11.8 Å². The van der Waals surface area contributed by atoms with E-state index in [2.05, 4.69) is 35.1 Å². The fourth-order valence-corrected chi connectivity index (χ4v) is 4.92. The maximum Gasteiger partial charge on any atom is 0.243 e. The zero-order valence-corrected chi connectivity index (χ0v) is 23.1. The zero-order valence-electron chi connectivity index (χ0n) is 19.9. The fourth-order valence-electron chi connectivity index (χ4n) is 3.57. The van der Waals surface area contributed by atoms with Crippen LogP contribution in [-0.2, 0) is 22.6 Å². The van der Waals surface area contributed by atoms with Crippen molar-refractivity contribution < 1.29 is 9.59 Å². The summed E-state index contributed by atoms with van der Waals surface area (Å²) in [6, 6.07) is 24.5. The van der Waals surface area contributed by atoms with Crippen LogP contribution >= 0.6 is 39.3 Å². The smallest absolute Gasteiger partial charge is 0.243 e. The Labute approximate surface area is 225 Å². The highest BCUT2D eigenvalue weighted by molar-refractivity contribution is 9.10. The number of nitrogens with zero attached hydrogens (tertiary/aromatic N) is 1. The predicted octanol–water partition coefficient (Wildman–Crippen LogP) is 6.61. The van der Waals surface area contributed by atoms with Crippen LogP contribution in [0.2, 0.25) is 5.02 Å². The SMILES string of the molecule is CC(C)CNC(=O)C(Cc1ccccc1)N(Cc1cccc(Br)c1)C(=O)CSc1ccc(Cl)cc1. The molecule has 0 heterocycles. The molecule has 3 aromatic carbocycles. The van der Waals surface area contributed by atoms with Gasteiger partial charge >= 0.3 is 0 Å². The molecular formula is C28H30BrClN2O2S. The molecule has 1 unspecified atom stereocenters. The molecule has 7 heteroatoms. The average molecular weight is 574 g/mol. The molecule has 0 saturated heterocycles. The van der Waals surface area contributed by atoms with Crippen molar-refractivity contribution >= 4 is 51.1 Å². The summed E-state index contributed by atoms with van der Waals surface area (Å²) in [6.07, 6.45) is 0.441. The normalized spacial score (nSPS) is 11.8. The van der Waals surface area contributed by atoms with E-state index in [1.54, 1.807) is 4.90 Å². The lowest BCUT2D eigenvalue weighted by Crippen LogP contribution is -2.51. The molecule has 0 bridgehead atoms. The molecule has 0 aliphatic carbocycles. The van der Waals surface area contributed by atoms with Crippen LogP contribution in [0.25, 0.3) is 0 Å². The second-order valence-electron chi connectivity index (χ2n) is 8.74. The highest BCUT2D eigenvalue weighted by atomic mass is 79.9. The largest absolute Gasteiger partial charge is 0.354 e. The minimum Gasteiger partial charge on any atom is -0.354 e. The minimum absolute atomic E-state index is 0.0921. The van der Waals surface area contributed by atoms with Crippen LogP contribution in [0.1, 0.15) is 25.0 Å². The molecule has 0 radical (unpaired) electrons. The van der Waals surface area contributed by atoms with E-state index in [1.807, 2.05) is 78.9 Å². The number of amides is 2. The Morgan fingerprint density at radius 3 is 2.31 bits per heavy atom. The Morgan fingerprint density at radius 2 is 1.66 bits per heavy atom. The van der Waals surface area contributed by atoms with Crippen LogP contribution < -0.4 is 5.32 Å². The maximum atomic E-state index is 13.6. The quantitative estimate of drug-likeness (QED) is 0.263. The van der Waals surface area contributed by atoms with Gasteiger partial charge in [0.1, 0.15) is 6.04 Å². The van der Waals surface area contributed by atoms with Crippen molar-refractivity contribution in [2.75, 3.05) is 12.3 Å².